The molecule has 2 amide bonds. The van der Waals surface area contributed by atoms with Gasteiger partial charge in [-0.15, -0.1) is 0 Å². The van der Waals surface area contributed by atoms with Crippen LogP contribution in [0.5, 0.6) is 0 Å². The summed E-state index contributed by atoms with van der Waals surface area (Å²) < 4.78 is 0. The second-order valence-electron chi connectivity index (χ2n) is 5.12. The minimum absolute atomic E-state index is 0.0622. The van der Waals surface area contributed by atoms with Crippen molar-refractivity contribution in [3.63, 3.8) is 0 Å². The highest BCUT2D eigenvalue weighted by Gasteiger charge is 2.17. The largest absolute Gasteiger partial charge is 0.368 e. The van der Waals surface area contributed by atoms with E-state index in [-0.39, 0.29) is 24.8 Å². The molecule has 0 aliphatic carbocycles. The lowest BCUT2D eigenvalue weighted by atomic mass is 10.1. The molecule has 5 nitrogen and oxygen atoms in total. The van der Waals surface area contributed by atoms with Gasteiger partial charge in [0.2, 0.25) is 11.8 Å². The third-order valence-corrected chi connectivity index (χ3v) is 2.72. The summed E-state index contributed by atoms with van der Waals surface area (Å²) in [5.74, 6) is -0.389. The molecule has 0 aliphatic heterocycles. The Morgan fingerprint density at radius 2 is 1.90 bits per heavy atom. The number of benzene rings is 1. The van der Waals surface area contributed by atoms with Gasteiger partial charge in [-0.1, -0.05) is 26.0 Å². The van der Waals surface area contributed by atoms with Gasteiger partial charge in [0.15, 0.2) is 0 Å². The Balaban J connectivity index is 2.73. The van der Waals surface area contributed by atoms with E-state index in [1.165, 1.54) is 4.90 Å². The predicted octanol–water partition coefficient (Wildman–Crippen LogP) is 1.07. The van der Waals surface area contributed by atoms with Gasteiger partial charge >= 0.3 is 0 Å². The van der Waals surface area contributed by atoms with Crippen LogP contribution in [0.4, 0.5) is 0 Å². The molecule has 0 aromatic heterocycles. The van der Waals surface area contributed by atoms with E-state index in [4.69, 9.17) is 11.0 Å². The molecule has 2 N–H and O–H groups in total. The van der Waals surface area contributed by atoms with Crippen LogP contribution in [0.2, 0.25) is 0 Å². The van der Waals surface area contributed by atoms with Crippen LogP contribution in [0.1, 0.15) is 25.0 Å². The van der Waals surface area contributed by atoms with Crippen LogP contribution >= 0.6 is 0 Å². The number of hydrogen-bond donors (Lipinski definition) is 1. The molecule has 0 saturated heterocycles. The number of hydrogen-bond acceptors (Lipinski definition) is 3. The summed E-state index contributed by atoms with van der Waals surface area (Å²) in [5.41, 5.74) is 6.53. The SMILES string of the molecule is CC(C)CN(CC(N)=O)C(=O)Cc1ccc(C#N)cc1. The topological polar surface area (TPSA) is 87.2 Å². The van der Waals surface area contributed by atoms with Crippen LogP contribution in [0.25, 0.3) is 0 Å². The minimum Gasteiger partial charge on any atom is -0.368 e. The maximum Gasteiger partial charge on any atom is 0.237 e. The molecule has 106 valence electrons. The molecule has 0 spiro atoms. The molecular formula is C15H19N3O2. The number of nitriles is 1. The molecule has 20 heavy (non-hydrogen) atoms. The third-order valence-electron chi connectivity index (χ3n) is 2.72. The molecule has 0 atom stereocenters. The number of nitrogens with two attached hydrogens (primary N) is 1. The Hall–Kier alpha value is -2.35. The van der Waals surface area contributed by atoms with E-state index in [0.717, 1.165) is 5.56 Å². The maximum absolute atomic E-state index is 12.2. The fourth-order valence-corrected chi connectivity index (χ4v) is 1.87. The van der Waals surface area contributed by atoms with Crippen molar-refractivity contribution >= 4 is 11.8 Å². The first-order valence-electron chi connectivity index (χ1n) is 6.47. The third kappa shape index (κ3) is 5.11. The Kier molecular flexibility index (Phi) is 5.73. The molecule has 1 aromatic rings. The molecule has 0 heterocycles. The van der Waals surface area contributed by atoms with Gasteiger partial charge in [-0.05, 0) is 23.6 Å². The fourth-order valence-electron chi connectivity index (χ4n) is 1.87. The average molecular weight is 273 g/mol. The van der Waals surface area contributed by atoms with E-state index >= 15 is 0 Å². The summed E-state index contributed by atoms with van der Waals surface area (Å²) in [5, 5.41) is 8.72. The van der Waals surface area contributed by atoms with E-state index in [2.05, 4.69) is 0 Å². The van der Waals surface area contributed by atoms with Gasteiger partial charge in [0.25, 0.3) is 0 Å². The zero-order valence-corrected chi connectivity index (χ0v) is 11.8. The number of nitrogens with zero attached hydrogens (tertiary/aromatic N) is 2. The Bertz CT molecular complexity index is 515. The minimum atomic E-state index is -0.515. The smallest absolute Gasteiger partial charge is 0.237 e. The Morgan fingerprint density at radius 3 is 2.35 bits per heavy atom. The van der Waals surface area contributed by atoms with Gasteiger partial charge in [-0.2, -0.15) is 5.26 Å². The lowest BCUT2D eigenvalue weighted by Gasteiger charge is -2.23. The van der Waals surface area contributed by atoms with E-state index in [0.29, 0.717) is 12.1 Å². The second kappa shape index (κ2) is 7.29. The molecule has 5 heteroatoms. The van der Waals surface area contributed by atoms with Crippen molar-refractivity contribution in [1.29, 1.82) is 5.26 Å². The van der Waals surface area contributed by atoms with Gasteiger partial charge < -0.3 is 10.6 Å². The van der Waals surface area contributed by atoms with Crippen LogP contribution < -0.4 is 5.73 Å². The first kappa shape index (κ1) is 15.7. The normalized spacial score (nSPS) is 10.1. The molecule has 0 saturated carbocycles. The van der Waals surface area contributed by atoms with Crippen molar-refractivity contribution < 1.29 is 9.59 Å². The molecule has 1 aromatic carbocycles. The highest BCUT2D eigenvalue weighted by molar-refractivity contribution is 5.85. The van der Waals surface area contributed by atoms with Crippen LogP contribution in [0.3, 0.4) is 0 Å². The number of amides is 2. The standard InChI is InChI=1S/C15H19N3O2/c1-11(2)9-18(10-14(17)19)15(20)7-12-3-5-13(8-16)6-4-12/h3-6,11H,7,9-10H2,1-2H3,(H2,17,19). The summed E-state index contributed by atoms with van der Waals surface area (Å²) in [7, 11) is 0. The van der Waals surface area contributed by atoms with E-state index < -0.39 is 5.91 Å². The van der Waals surface area contributed by atoms with E-state index in [9.17, 15) is 9.59 Å². The second-order valence-corrected chi connectivity index (χ2v) is 5.12. The van der Waals surface area contributed by atoms with Crippen LogP contribution in [0, 0.1) is 17.2 Å². The van der Waals surface area contributed by atoms with Crippen molar-refractivity contribution in [1.82, 2.24) is 4.90 Å². The zero-order valence-electron chi connectivity index (χ0n) is 11.8. The van der Waals surface area contributed by atoms with Crippen molar-refractivity contribution in [3.8, 4) is 6.07 Å². The maximum atomic E-state index is 12.2. The van der Waals surface area contributed by atoms with Crippen LogP contribution in [-0.2, 0) is 16.0 Å². The lowest BCUT2D eigenvalue weighted by Crippen LogP contribution is -2.41. The fraction of sp³-hybridized carbons (Fsp3) is 0.400. The average Bonchev–Trinajstić information content (AvgIpc) is 2.37. The predicted molar refractivity (Wildman–Crippen MR) is 75.5 cm³/mol. The number of carbonyl (C=O) groups excluding carboxylic acids is 2. The summed E-state index contributed by atoms with van der Waals surface area (Å²) in [6.45, 7) is 4.39. The van der Waals surface area contributed by atoms with E-state index in [1.807, 2.05) is 19.9 Å². The van der Waals surface area contributed by atoms with Gasteiger partial charge in [-0.3, -0.25) is 9.59 Å². The number of primary amides is 1. The van der Waals surface area contributed by atoms with Gasteiger partial charge in [0, 0.05) is 6.54 Å². The molecule has 0 unspecified atom stereocenters. The molecule has 0 aliphatic rings. The molecular weight excluding hydrogens is 254 g/mol. The summed E-state index contributed by atoms with van der Waals surface area (Å²) >= 11 is 0. The zero-order chi connectivity index (χ0) is 15.1. The van der Waals surface area contributed by atoms with Crippen molar-refractivity contribution in [2.75, 3.05) is 13.1 Å². The first-order valence-corrected chi connectivity index (χ1v) is 6.47. The molecule has 0 bridgehead atoms. The van der Waals surface area contributed by atoms with E-state index in [1.54, 1.807) is 24.3 Å². The van der Waals surface area contributed by atoms with Gasteiger partial charge in [0.1, 0.15) is 0 Å². The highest BCUT2D eigenvalue weighted by Crippen LogP contribution is 2.07. The molecule has 0 fully saturated rings. The van der Waals surface area contributed by atoms with Crippen LogP contribution in [0.15, 0.2) is 24.3 Å². The Morgan fingerprint density at radius 1 is 1.30 bits per heavy atom. The van der Waals surface area contributed by atoms with Crippen LogP contribution in [-0.4, -0.2) is 29.8 Å². The summed E-state index contributed by atoms with van der Waals surface area (Å²) in [4.78, 5) is 24.7. The lowest BCUT2D eigenvalue weighted by molar-refractivity contribution is -0.135. The first-order chi connectivity index (χ1) is 9.42. The molecule has 0 radical (unpaired) electrons. The monoisotopic (exact) mass is 273 g/mol. The summed E-state index contributed by atoms with van der Waals surface area (Å²) in [6.07, 6.45) is 0.200. The summed E-state index contributed by atoms with van der Waals surface area (Å²) in [6, 6.07) is 8.85. The highest BCUT2D eigenvalue weighted by atomic mass is 16.2. The van der Waals surface area contributed by atoms with Crippen molar-refractivity contribution in [2.24, 2.45) is 11.7 Å². The number of carbonyl (C=O) groups is 2. The molecule has 1 rings (SSSR count). The van der Waals surface area contributed by atoms with Gasteiger partial charge in [0.05, 0.1) is 24.6 Å². The van der Waals surface area contributed by atoms with Crippen molar-refractivity contribution in [3.05, 3.63) is 35.4 Å². The van der Waals surface area contributed by atoms with Gasteiger partial charge in [-0.25, -0.2) is 0 Å². The quantitative estimate of drug-likeness (QED) is 0.841. The van der Waals surface area contributed by atoms with Crippen molar-refractivity contribution in [2.45, 2.75) is 20.3 Å². The number of rotatable bonds is 6. The Labute approximate surface area is 119 Å².